The second kappa shape index (κ2) is 12.8. The van der Waals surface area contributed by atoms with Gasteiger partial charge in [-0.2, -0.15) is 0 Å². The van der Waals surface area contributed by atoms with Crippen LogP contribution in [0.3, 0.4) is 0 Å². The molecule has 0 saturated heterocycles. The number of carbonyl (C=O) groups is 1. The summed E-state index contributed by atoms with van der Waals surface area (Å²) in [6.45, 7) is 8.94. The summed E-state index contributed by atoms with van der Waals surface area (Å²) in [7, 11) is 0. The third-order valence-corrected chi connectivity index (χ3v) is 1.21. The minimum atomic E-state index is -0.329. The van der Waals surface area contributed by atoms with E-state index in [1.54, 1.807) is 0 Å². The zero-order chi connectivity index (χ0) is 9.82. The Morgan fingerprint density at radius 1 is 1.33 bits per heavy atom. The van der Waals surface area contributed by atoms with Gasteiger partial charge in [0.2, 0.25) is 0 Å². The van der Waals surface area contributed by atoms with Crippen molar-refractivity contribution in [1.82, 2.24) is 0 Å². The molecule has 2 heteroatoms. The van der Waals surface area contributed by atoms with Crippen LogP contribution in [-0.4, -0.2) is 5.97 Å². The highest BCUT2D eigenvalue weighted by molar-refractivity contribution is 5.66. The van der Waals surface area contributed by atoms with Gasteiger partial charge >= 0.3 is 5.97 Å². The van der Waals surface area contributed by atoms with Gasteiger partial charge in [0.15, 0.2) is 0 Å². The second-order valence-electron chi connectivity index (χ2n) is 2.48. The van der Waals surface area contributed by atoms with Crippen molar-refractivity contribution in [2.75, 3.05) is 0 Å². The fourth-order valence-corrected chi connectivity index (χ4v) is 0.617. The van der Waals surface area contributed by atoms with Crippen LogP contribution in [0.25, 0.3) is 0 Å². The molecule has 0 fully saturated rings. The molecule has 0 aromatic heterocycles. The molecule has 0 aromatic carbocycles. The maximum Gasteiger partial charge on any atom is 0.307 e. The lowest BCUT2D eigenvalue weighted by atomic mass is 10.2. The Labute approximate surface area is 75.6 Å². The highest BCUT2D eigenvalue weighted by atomic mass is 16.5. The summed E-state index contributed by atoms with van der Waals surface area (Å²) in [5, 5.41) is 0. The van der Waals surface area contributed by atoms with Crippen LogP contribution in [0.2, 0.25) is 0 Å². The average Bonchev–Trinajstić information content (AvgIpc) is 2.02. The van der Waals surface area contributed by atoms with Crippen LogP contribution < -0.4 is 0 Å². The van der Waals surface area contributed by atoms with Crippen molar-refractivity contribution in [1.29, 1.82) is 0 Å². The molecule has 0 atom stereocenters. The fraction of sp³-hybridized carbons (Fsp3) is 0.700. The minimum Gasteiger partial charge on any atom is -0.435 e. The maximum absolute atomic E-state index is 9.75. The molecule has 0 heterocycles. The van der Waals surface area contributed by atoms with Crippen LogP contribution in [0.4, 0.5) is 0 Å². The molecule has 2 nitrogen and oxygen atoms in total. The van der Waals surface area contributed by atoms with Crippen molar-refractivity contribution in [2.24, 2.45) is 0 Å². The summed E-state index contributed by atoms with van der Waals surface area (Å²) < 4.78 is 4.17. The molecule has 0 bridgehead atoms. The van der Waals surface area contributed by atoms with E-state index >= 15 is 0 Å². The van der Waals surface area contributed by atoms with E-state index < -0.39 is 0 Å². The maximum atomic E-state index is 9.75. The first kappa shape index (κ1) is 13.8. The lowest BCUT2D eigenvalue weighted by Gasteiger charge is -1.86. The predicted molar refractivity (Wildman–Crippen MR) is 51.8 cm³/mol. The lowest BCUT2D eigenvalue weighted by molar-refractivity contribution is -0.135. The Morgan fingerprint density at radius 3 is 1.83 bits per heavy atom. The number of hydrogen-bond acceptors (Lipinski definition) is 2. The molecule has 0 saturated carbocycles. The van der Waals surface area contributed by atoms with E-state index in [4.69, 9.17) is 0 Å². The van der Waals surface area contributed by atoms with Gasteiger partial charge in [-0.05, 0) is 0 Å². The van der Waals surface area contributed by atoms with Gasteiger partial charge in [0.05, 0.1) is 6.26 Å². The molecule has 0 aliphatic heterocycles. The third kappa shape index (κ3) is 22.9. The van der Waals surface area contributed by atoms with Gasteiger partial charge < -0.3 is 4.74 Å². The van der Waals surface area contributed by atoms with Crippen LogP contribution in [0.15, 0.2) is 12.8 Å². The van der Waals surface area contributed by atoms with Crippen molar-refractivity contribution in [2.45, 2.75) is 46.5 Å². The highest BCUT2D eigenvalue weighted by Crippen LogP contribution is 1.95. The summed E-state index contributed by atoms with van der Waals surface area (Å²) in [5.74, 6) is -0.329. The quantitative estimate of drug-likeness (QED) is 0.369. The summed E-state index contributed by atoms with van der Waals surface area (Å²) in [6.07, 6.45) is 6.64. The first-order valence-corrected chi connectivity index (χ1v) is 4.47. The molecule has 0 rings (SSSR count). The second-order valence-corrected chi connectivity index (χ2v) is 2.48. The average molecular weight is 172 g/mol. The highest BCUT2D eigenvalue weighted by Gasteiger charge is 1.79. The van der Waals surface area contributed by atoms with E-state index in [2.05, 4.69) is 25.2 Å². The molecule has 0 unspecified atom stereocenters. The van der Waals surface area contributed by atoms with Crippen molar-refractivity contribution < 1.29 is 9.53 Å². The zero-order valence-electron chi connectivity index (χ0n) is 8.43. The Balaban J connectivity index is 0. The largest absolute Gasteiger partial charge is 0.435 e. The van der Waals surface area contributed by atoms with Gasteiger partial charge in [-0.3, -0.25) is 4.79 Å². The van der Waals surface area contributed by atoms with Crippen LogP contribution in [0, 0.1) is 0 Å². The van der Waals surface area contributed by atoms with E-state index in [9.17, 15) is 4.79 Å². The molecule has 0 spiro atoms. The topological polar surface area (TPSA) is 26.3 Å². The summed E-state index contributed by atoms with van der Waals surface area (Å²) in [5.41, 5.74) is 0. The van der Waals surface area contributed by atoms with Gasteiger partial charge in [-0.15, -0.1) is 0 Å². The number of hydrogen-bond donors (Lipinski definition) is 0. The van der Waals surface area contributed by atoms with Crippen molar-refractivity contribution in [3.8, 4) is 0 Å². The molecule has 72 valence electrons. The van der Waals surface area contributed by atoms with E-state index in [1.807, 2.05) is 0 Å². The first-order chi connectivity index (χ1) is 5.68. The first-order valence-electron chi connectivity index (χ1n) is 4.47. The molecule has 0 aromatic rings. The monoisotopic (exact) mass is 172 g/mol. The number of ether oxygens (including phenoxy) is 1. The molecular formula is C10H20O2. The van der Waals surface area contributed by atoms with E-state index in [0.29, 0.717) is 0 Å². The smallest absolute Gasteiger partial charge is 0.307 e. The number of esters is 1. The van der Waals surface area contributed by atoms with Crippen molar-refractivity contribution >= 4 is 5.97 Å². The Kier molecular flexibility index (Phi) is 14.8. The van der Waals surface area contributed by atoms with Gasteiger partial charge in [-0.1, -0.05) is 46.1 Å². The predicted octanol–water partition coefficient (Wildman–Crippen LogP) is 3.28. The Bertz CT molecular complexity index is 104. The standard InChI is InChI=1S/C6H14.C4H6O2/c1-3-5-6-4-2;1-3-6-4(2)5/h3-6H2,1-2H3;3H,1H2,2H3. The molecular weight excluding hydrogens is 152 g/mol. The summed E-state index contributed by atoms with van der Waals surface area (Å²) in [4.78, 5) is 9.75. The van der Waals surface area contributed by atoms with Gasteiger partial charge in [0.25, 0.3) is 0 Å². The number of rotatable bonds is 4. The van der Waals surface area contributed by atoms with Crippen molar-refractivity contribution in [3.63, 3.8) is 0 Å². The normalized spacial score (nSPS) is 7.92. The molecule has 12 heavy (non-hydrogen) atoms. The van der Waals surface area contributed by atoms with Crippen LogP contribution >= 0.6 is 0 Å². The van der Waals surface area contributed by atoms with Crippen LogP contribution in [0.1, 0.15) is 46.5 Å². The van der Waals surface area contributed by atoms with Gasteiger partial charge in [-0.25, -0.2) is 0 Å². The lowest BCUT2D eigenvalue weighted by Crippen LogP contribution is -1.87. The SMILES string of the molecule is C=COC(C)=O.CCCCCC. The Morgan fingerprint density at radius 2 is 1.75 bits per heavy atom. The van der Waals surface area contributed by atoms with E-state index in [1.165, 1.54) is 32.6 Å². The third-order valence-electron chi connectivity index (χ3n) is 1.21. The van der Waals surface area contributed by atoms with Crippen LogP contribution in [0.5, 0.6) is 0 Å². The van der Waals surface area contributed by atoms with Crippen LogP contribution in [-0.2, 0) is 9.53 Å². The van der Waals surface area contributed by atoms with E-state index in [-0.39, 0.29) is 5.97 Å². The Hall–Kier alpha value is -0.790. The molecule has 0 aliphatic rings. The fourth-order valence-electron chi connectivity index (χ4n) is 0.617. The van der Waals surface area contributed by atoms with E-state index in [0.717, 1.165) is 6.26 Å². The van der Waals surface area contributed by atoms with Gasteiger partial charge in [0, 0.05) is 6.92 Å². The zero-order valence-corrected chi connectivity index (χ0v) is 8.43. The van der Waals surface area contributed by atoms with Crippen molar-refractivity contribution in [3.05, 3.63) is 12.8 Å². The molecule has 0 N–H and O–H groups in total. The van der Waals surface area contributed by atoms with Gasteiger partial charge in [0.1, 0.15) is 0 Å². The molecule has 0 aliphatic carbocycles. The minimum absolute atomic E-state index is 0.329. The molecule has 0 radical (unpaired) electrons. The summed E-state index contributed by atoms with van der Waals surface area (Å²) in [6, 6.07) is 0. The number of carbonyl (C=O) groups excluding carboxylic acids is 1. The number of unbranched alkanes of at least 4 members (excludes halogenated alkanes) is 3. The summed E-state index contributed by atoms with van der Waals surface area (Å²) >= 11 is 0. The molecule has 0 amide bonds.